The van der Waals surface area contributed by atoms with Crippen molar-refractivity contribution in [3.05, 3.63) is 71.3 Å². The molecule has 42 heavy (non-hydrogen) atoms. The largest absolute Gasteiger partial charge is 0.346 e. The molecule has 1 N–H and O–H groups in total. The number of ketones is 4. The van der Waals surface area contributed by atoms with Crippen LogP contribution in [-0.4, -0.2) is 35.1 Å². The molecule has 0 aromatic heterocycles. The third kappa shape index (κ3) is 10.1. The van der Waals surface area contributed by atoms with Crippen molar-refractivity contribution in [1.29, 1.82) is 0 Å². The fourth-order valence-electron chi connectivity index (χ4n) is 4.69. The standard InChI is InChI=1S/C34H43F2NO5/c1-21(2)26(31(41)28(38)18-15-23-13-16-25(17-14-23)34(7,35)36)19-29(39)22(3)37-32(42)27(33(4,5)6)20-30(40)24-11-9-8-10-12-24/h8-14,16-17,21-22,26-27H,15,18-20H2,1-7H3,(H,37,42)/t22-,26-,27+/m0/s1. The first kappa shape index (κ1) is 34.7. The molecule has 228 valence electrons. The van der Waals surface area contributed by atoms with Crippen LogP contribution in [0.2, 0.25) is 0 Å². The van der Waals surface area contributed by atoms with E-state index in [0.717, 1.165) is 6.92 Å². The molecule has 0 radical (unpaired) electrons. The number of halogens is 2. The molecule has 3 atom stereocenters. The van der Waals surface area contributed by atoms with Crippen LogP contribution in [0.5, 0.6) is 0 Å². The minimum Gasteiger partial charge on any atom is -0.346 e. The maximum Gasteiger partial charge on any atom is 0.270 e. The molecule has 0 aliphatic rings. The third-order valence-corrected chi connectivity index (χ3v) is 7.63. The van der Waals surface area contributed by atoms with Crippen LogP contribution in [0.4, 0.5) is 8.78 Å². The van der Waals surface area contributed by atoms with Crippen molar-refractivity contribution in [3.63, 3.8) is 0 Å². The van der Waals surface area contributed by atoms with Gasteiger partial charge in [0.25, 0.3) is 5.92 Å². The van der Waals surface area contributed by atoms with Crippen LogP contribution in [0.1, 0.15) is 89.2 Å². The zero-order chi connectivity index (χ0) is 31.8. The molecule has 2 aromatic rings. The molecule has 8 heteroatoms. The van der Waals surface area contributed by atoms with E-state index >= 15 is 0 Å². The second-order valence-corrected chi connectivity index (χ2v) is 12.5. The number of carbonyl (C=O) groups excluding carboxylic acids is 5. The lowest BCUT2D eigenvalue weighted by atomic mass is 9.76. The smallest absolute Gasteiger partial charge is 0.270 e. The van der Waals surface area contributed by atoms with Gasteiger partial charge in [-0.3, -0.25) is 24.0 Å². The summed E-state index contributed by atoms with van der Waals surface area (Å²) < 4.78 is 26.9. The Morgan fingerprint density at radius 3 is 1.88 bits per heavy atom. The average molecular weight is 584 g/mol. The summed E-state index contributed by atoms with van der Waals surface area (Å²) in [4.78, 5) is 65.0. The molecular formula is C34H43F2NO5. The lowest BCUT2D eigenvalue weighted by Gasteiger charge is -2.30. The van der Waals surface area contributed by atoms with Gasteiger partial charge in [-0.1, -0.05) is 89.2 Å². The molecule has 0 heterocycles. The van der Waals surface area contributed by atoms with Crippen LogP contribution in [0.25, 0.3) is 0 Å². The van der Waals surface area contributed by atoms with Gasteiger partial charge in [0.15, 0.2) is 17.3 Å². The second-order valence-electron chi connectivity index (χ2n) is 12.5. The molecule has 0 saturated carbocycles. The maximum absolute atomic E-state index is 13.4. The summed E-state index contributed by atoms with van der Waals surface area (Å²) in [5.41, 5.74) is 0.463. The lowest BCUT2D eigenvalue weighted by molar-refractivity contribution is -0.141. The normalized spacial score (nSPS) is 14.1. The highest BCUT2D eigenvalue weighted by molar-refractivity contribution is 6.38. The van der Waals surface area contributed by atoms with Crippen molar-refractivity contribution in [2.75, 3.05) is 0 Å². The molecule has 0 saturated heterocycles. The zero-order valence-electron chi connectivity index (χ0n) is 25.6. The molecule has 0 bridgehead atoms. The Morgan fingerprint density at radius 2 is 1.38 bits per heavy atom. The third-order valence-electron chi connectivity index (χ3n) is 7.63. The molecule has 6 nitrogen and oxygen atoms in total. The Kier molecular flexibility index (Phi) is 12.0. The van der Waals surface area contributed by atoms with Crippen molar-refractivity contribution >= 4 is 29.0 Å². The van der Waals surface area contributed by atoms with E-state index in [-0.39, 0.29) is 48.7 Å². The summed E-state index contributed by atoms with van der Waals surface area (Å²) in [6, 6.07) is 13.4. The topological polar surface area (TPSA) is 97.4 Å². The van der Waals surface area contributed by atoms with Crippen molar-refractivity contribution in [1.82, 2.24) is 5.32 Å². The lowest BCUT2D eigenvalue weighted by Crippen LogP contribution is -2.46. The first-order valence-corrected chi connectivity index (χ1v) is 14.4. The van der Waals surface area contributed by atoms with Gasteiger partial charge >= 0.3 is 0 Å². The van der Waals surface area contributed by atoms with Gasteiger partial charge in [0, 0.05) is 43.2 Å². The van der Waals surface area contributed by atoms with Crippen molar-refractivity contribution in [2.45, 2.75) is 86.1 Å². The molecule has 2 aromatic carbocycles. The molecule has 0 spiro atoms. The number of hydrogen-bond donors (Lipinski definition) is 1. The van der Waals surface area contributed by atoms with E-state index in [0.29, 0.717) is 11.1 Å². The monoisotopic (exact) mass is 583 g/mol. The summed E-state index contributed by atoms with van der Waals surface area (Å²) in [7, 11) is 0. The summed E-state index contributed by atoms with van der Waals surface area (Å²) in [6.45, 7) is 11.4. The number of alkyl halides is 2. The van der Waals surface area contributed by atoms with Gasteiger partial charge in [-0.05, 0) is 30.2 Å². The number of Topliss-reactive ketones (excluding diaryl/α,β-unsaturated/α-hetero) is 4. The van der Waals surface area contributed by atoms with E-state index < -0.39 is 46.7 Å². The SMILES string of the molecule is CC(C)[C@H](CC(=O)[C@H](C)NC(=O)[C@@H](CC(=O)c1ccccc1)C(C)(C)C)C(=O)C(=O)CCc1ccc(C(C)(F)F)cc1. The van der Waals surface area contributed by atoms with Crippen LogP contribution < -0.4 is 5.32 Å². The summed E-state index contributed by atoms with van der Waals surface area (Å²) in [6.07, 6.45) is -0.132. The molecule has 1 amide bonds. The van der Waals surface area contributed by atoms with Gasteiger partial charge in [-0.2, -0.15) is 0 Å². The molecule has 0 fully saturated rings. The summed E-state index contributed by atoms with van der Waals surface area (Å²) in [5, 5.41) is 2.73. The minimum absolute atomic E-state index is 0.0224. The van der Waals surface area contributed by atoms with Crippen LogP contribution in [0.3, 0.4) is 0 Å². The second kappa shape index (κ2) is 14.6. The Morgan fingerprint density at radius 1 is 0.810 bits per heavy atom. The maximum atomic E-state index is 13.4. The van der Waals surface area contributed by atoms with Gasteiger partial charge in [-0.25, -0.2) is 8.78 Å². The molecule has 0 unspecified atom stereocenters. The fourth-order valence-corrected chi connectivity index (χ4v) is 4.69. The van der Waals surface area contributed by atoms with Crippen LogP contribution in [0, 0.1) is 23.2 Å². The van der Waals surface area contributed by atoms with E-state index in [2.05, 4.69) is 5.32 Å². The predicted octanol–water partition coefficient (Wildman–Crippen LogP) is 6.54. The fraction of sp³-hybridized carbons (Fsp3) is 0.500. The first-order chi connectivity index (χ1) is 19.4. The minimum atomic E-state index is -2.97. The van der Waals surface area contributed by atoms with Gasteiger partial charge < -0.3 is 5.32 Å². The van der Waals surface area contributed by atoms with Crippen LogP contribution in [0.15, 0.2) is 54.6 Å². The molecular weight excluding hydrogens is 540 g/mol. The predicted molar refractivity (Wildman–Crippen MR) is 158 cm³/mol. The number of nitrogens with one attached hydrogen (secondary N) is 1. The molecule has 0 aliphatic heterocycles. The van der Waals surface area contributed by atoms with Gasteiger partial charge in [0.2, 0.25) is 11.7 Å². The van der Waals surface area contributed by atoms with E-state index in [9.17, 15) is 32.8 Å². The number of amides is 1. The Labute approximate surface area is 247 Å². The van der Waals surface area contributed by atoms with Crippen LogP contribution >= 0.6 is 0 Å². The van der Waals surface area contributed by atoms with Crippen molar-refractivity contribution in [3.8, 4) is 0 Å². The van der Waals surface area contributed by atoms with Crippen molar-refractivity contribution < 1.29 is 32.8 Å². The Balaban J connectivity index is 2.02. The Bertz CT molecular complexity index is 1260. The number of aryl methyl sites for hydroxylation is 1. The first-order valence-electron chi connectivity index (χ1n) is 14.4. The highest BCUT2D eigenvalue weighted by Gasteiger charge is 2.36. The quantitative estimate of drug-likeness (QED) is 0.190. The van der Waals surface area contributed by atoms with E-state index in [1.807, 2.05) is 20.8 Å². The van der Waals surface area contributed by atoms with Crippen molar-refractivity contribution in [2.24, 2.45) is 23.2 Å². The van der Waals surface area contributed by atoms with Crippen LogP contribution in [-0.2, 0) is 31.5 Å². The van der Waals surface area contributed by atoms with E-state index in [1.165, 1.54) is 31.2 Å². The van der Waals surface area contributed by atoms with E-state index in [4.69, 9.17) is 0 Å². The van der Waals surface area contributed by atoms with Gasteiger partial charge in [0.1, 0.15) is 0 Å². The molecule has 2 rings (SSSR count). The summed E-state index contributed by atoms with van der Waals surface area (Å²) >= 11 is 0. The zero-order valence-corrected chi connectivity index (χ0v) is 25.6. The highest BCUT2D eigenvalue weighted by Crippen LogP contribution is 2.31. The summed E-state index contributed by atoms with van der Waals surface area (Å²) in [5.74, 6) is -7.09. The number of hydrogen-bond acceptors (Lipinski definition) is 5. The number of rotatable bonds is 15. The van der Waals surface area contributed by atoms with Gasteiger partial charge in [-0.15, -0.1) is 0 Å². The molecule has 0 aliphatic carbocycles. The Hall–Kier alpha value is -3.55. The van der Waals surface area contributed by atoms with E-state index in [1.54, 1.807) is 44.2 Å². The van der Waals surface area contributed by atoms with Gasteiger partial charge in [0.05, 0.1) is 12.0 Å². The number of benzene rings is 2. The number of carbonyl (C=O) groups is 5. The highest BCUT2D eigenvalue weighted by atomic mass is 19.3. The average Bonchev–Trinajstić information content (AvgIpc) is 2.91.